The van der Waals surface area contributed by atoms with E-state index in [9.17, 15) is 18.3 Å². The fourth-order valence-electron chi connectivity index (χ4n) is 2.62. The molecular formula is C13H22N4O4S. The maximum atomic E-state index is 12.8. The molecule has 1 amide bonds. The van der Waals surface area contributed by atoms with Gasteiger partial charge in [0, 0.05) is 39.9 Å². The van der Waals surface area contributed by atoms with Crippen LogP contribution in [0.2, 0.25) is 0 Å². The molecule has 9 heteroatoms. The van der Waals surface area contributed by atoms with Crippen molar-refractivity contribution in [1.82, 2.24) is 19.1 Å². The predicted molar refractivity (Wildman–Crippen MR) is 81.1 cm³/mol. The summed E-state index contributed by atoms with van der Waals surface area (Å²) >= 11 is 0. The topological polar surface area (TPSA) is 94.9 Å². The van der Waals surface area contributed by atoms with E-state index in [0.717, 1.165) is 0 Å². The summed E-state index contributed by atoms with van der Waals surface area (Å²) in [6, 6.07) is 0.883. The first-order chi connectivity index (χ1) is 10.3. The number of amides is 1. The Morgan fingerprint density at radius 2 is 2.09 bits per heavy atom. The van der Waals surface area contributed by atoms with Crippen molar-refractivity contribution in [2.45, 2.75) is 10.9 Å². The van der Waals surface area contributed by atoms with E-state index < -0.39 is 16.1 Å². The molecule has 0 spiro atoms. The van der Waals surface area contributed by atoms with Crippen molar-refractivity contribution in [3.63, 3.8) is 0 Å². The summed E-state index contributed by atoms with van der Waals surface area (Å²) in [7, 11) is 1.26. The lowest BCUT2D eigenvalue weighted by Crippen LogP contribution is -2.55. The van der Waals surface area contributed by atoms with Crippen molar-refractivity contribution in [3.8, 4) is 0 Å². The summed E-state index contributed by atoms with van der Waals surface area (Å²) in [6.45, 7) is 1.16. The van der Waals surface area contributed by atoms with Gasteiger partial charge in [-0.2, -0.15) is 4.31 Å². The van der Waals surface area contributed by atoms with E-state index in [-0.39, 0.29) is 23.1 Å². The molecule has 0 saturated carbocycles. The van der Waals surface area contributed by atoms with Crippen LogP contribution >= 0.6 is 0 Å². The Hall–Kier alpha value is -1.42. The van der Waals surface area contributed by atoms with Crippen LogP contribution in [-0.4, -0.2) is 79.6 Å². The number of aliphatic hydroxyl groups is 1. The van der Waals surface area contributed by atoms with E-state index in [1.54, 1.807) is 7.05 Å². The van der Waals surface area contributed by atoms with Crippen molar-refractivity contribution in [2.24, 2.45) is 7.05 Å². The molecule has 0 bridgehead atoms. The van der Waals surface area contributed by atoms with Crippen molar-refractivity contribution in [3.05, 3.63) is 18.0 Å². The summed E-state index contributed by atoms with van der Waals surface area (Å²) in [4.78, 5) is 13.8. The third kappa shape index (κ3) is 3.02. The fraction of sp³-hybridized carbons (Fsp3) is 0.615. The molecule has 1 unspecified atom stereocenters. The van der Waals surface area contributed by atoms with E-state index in [4.69, 9.17) is 0 Å². The summed E-state index contributed by atoms with van der Waals surface area (Å²) in [6.07, 6.45) is 1.42. The molecule has 2 N–H and O–H groups in total. The highest BCUT2D eigenvalue weighted by Crippen LogP contribution is 2.22. The molecule has 1 fully saturated rings. The minimum atomic E-state index is -3.74. The first-order valence-corrected chi connectivity index (χ1v) is 8.45. The van der Waals surface area contributed by atoms with E-state index in [2.05, 4.69) is 5.32 Å². The molecule has 2 heterocycles. The zero-order valence-electron chi connectivity index (χ0n) is 13.0. The highest BCUT2D eigenvalue weighted by Gasteiger charge is 2.35. The number of likely N-dealkylation sites (N-methyl/N-ethyl adjacent to an activating group) is 1. The van der Waals surface area contributed by atoms with Gasteiger partial charge in [-0.25, -0.2) is 8.42 Å². The van der Waals surface area contributed by atoms with Crippen LogP contribution in [0, 0.1) is 0 Å². The van der Waals surface area contributed by atoms with Crippen LogP contribution in [0.1, 0.15) is 10.5 Å². The predicted octanol–water partition coefficient (Wildman–Crippen LogP) is -1.32. The normalized spacial score (nSPS) is 21.0. The quantitative estimate of drug-likeness (QED) is 0.714. The van der Waals surface area contributed by atoms with Crippen LogP contribution in [0.5, 0.6) is 0 Å². The largest absolute Gasteiger partial charge is 0.395 e. The second-order valence-corrected chi connectivity index (χ2v) is 7.36. The van der Waals surface area contributed by atoms with Crippen LogP contribution in [0.3, 0.4) is 0 Å². The first kappa shape index (κ1) is 16.9. The Morgan fingerprint density at radius 3 is 2.68 bits per heavy atom. The van der Waals surface area contributed by atoms with Crippen LogP contribution < -0.4 is 5.32 Å². The van der Waals surface area contributed by atoms with Crippen molar-refractivity contribution in [2.75, 3.05) is 40.3 Å². The summed E-state index contributed by atoms with van der Waals surface area (Å²) in [5, 5.41) is 12.0. The van der Waals surface area contributed by atoms with Gasteiger partial charge < -0.3 is 19.9 Å². The number of nitrogens with one attached hydrogen (secondary N) is 1. The lowest BCUT2D eigenvalue weighted by atomic mass is 10.2. The van der Waals surface area contributed by atoms with E-state index in [1.165, 1.54) is 28.2 Å². The Balaban J connectivity index is 2.36. The summed E-state index contributed by atoms with van der Waals surface area (Å²) in [5.41, 5.74) is 0.274. The van der Waals surface area contributed by atoms with E-state index in [0.29, 0.717) is 19.6 Å². The number of nitrogens with zero attached hydrogens (tertiary/aromatic N) is 3. The van der Waals surface area contributed by atoms with Crippen LogP contribution in [0.25, 0.3) is 0 Å². The maximum absolute atomic E-state index is 12.8. The van der Waals surface area contributed by atoms with Gasteiger partial charge >= 0.3 is 0 Å². The number of piperazine rings is 1. The van der Waals surface area contributed by atoms with Gasteiger partial charge in [0.15, 0.2) is 0 Å². The average molecular weight is 330 g/mol. The smallest absolute Gasteiger partial charge is 0.267 e. The van der Waals surface area contributed by atoms with Gasteiger partial charge in [0.25, 0.3) is 5.91 Å². The van der Waals surface area contributed by atoms with Crippen molar-refractivity contribution >= 4 is 15.9 Å². The van der Waals surface area contributed by atoms with Gasteiger partial charge in [-0.3, -0.25) is 4.79 Å². The van der Waals surface area contributed by atoms with Gasteiger partial charge in [-0.05, 0) is 13.1 Å². The molecule has 124 valence electrons. The number of sulfonamides is 1. The Kier molecular flexibility index (Phi) is 4.90. The number of hydrogen-bond donors (Lipinski definition) is 2. The lowest BCUT2D eigenvalue weighted by molar-refractivity contribution is 0.0955. The van der Waals surface area contributed by atoms with Gasteiger partial charge in [0.05, 0.1) is 12.6 Å². The molecule has 8 nitrogen and oxygen atoms in total. The van der Waals surface area contributed by atoms with Crippen LogP contribution in [0.4, 0.5) is 0 Å². The molecule has 0 aliphatic carbocycles. The third-order valence-electron chi connectivity index (χ3n) is 3.89. The van der Waals surface area contributed by atoms with Gasteiger partial charge in [-0.1, -0.05) is 0 Å². The number of rotatable bonds is 4. The summed E-state index contributed by atoms with van der Waals surface area (Å²) < 4.78 is 28.4. The van der Waals surface area contributed by atoms with Gasteiger partial charge in [-0.15, -0.1) is 0 Å². The van der Waals surface area contributed by atoms with Crippen molar-refractivity contribution < 1.29 is 18.3 Å². The van der Waals surface area contributed by atoms with Gasteiger partial charge in [0.2, 0.25) is 10.0 Å². The first-order valence-electron chi connectivity index (χ1n) is 7.01. The number of aliphatic hydroxyl groups excluding tert-OH is 1. The molecule has 0 aromatic carbocycles. The molecule has 1 aliphatic rings. The molecule has 1 aliphatic heterocycles. The monoisotopic (exact) mass is 330 g/mol. The molecule has 1 aromatic rings. The minimum absolute atomic E-state index is 0.0663. The number of hydrogen-bond acceptors (Lipinski definition) is 5. The molecule has 2 rings (SSSR count). The number of carbonyl (C=O) groups excluding carboxylic acids is 1. The average Bonchev–Trinajstić information content (AvgIpc) is 2.88. The van der Waals surface area contributed by atoms with E-state index in [1.807, 2.05) is 11.9 Å². The molecule has 1 saturated heterocycles. The Labute approximate surface area is 130 Å². The molecule has 1 atom stereocenters. The van der Waals surface area contributed by atoms with Gasteiger partial charge in [0.1, 0.15) is 10.6 Å². The zero-order chi connectivity index (χ0) is 16.5. The number of aryl methyl sites for hydroxylation is 1. The fourth-order valence-corrected chi connectivity index (χ4v) is 4.29. The highest BCUT2D eigenvalue weighted by atomic mass is 32.2. The standard InChI is InChI=1S/C13H22N4O4S/c1-14-13(19)12-6-11(8-16(12)3)22(20,21)17-5-4-15(2)7-10(17)9-18/h6,8,10,18H,4-5,7,9H2,1-3H3,(H,14,19). The maximum Gasteiger partial charge on any atom is 0.267 e. The minimum Gasteiger partial charge on any atom is -0.395 e. The summed E-state index contributed by atoms with van der Waals surface area (Å²) in [5.74, 6) is -0.346. The van der Waals surface area contributed by atoms with Crippen LogP contribution in [0.15, 0.2) is 17.2 Å². The molecule has 22 heavy (non-hydrogen) atoms. The second kappa shape index (κ2) is 6.37. The molecule has 0 radical (unpaired) electrons. The number of aromatic nitrogens is 1. The zero-order valence-corrected chi connectivity index (χ0v) is 13.8. The third-order valence-corrected chi connectivity index (χ3v) is 5.81. The number of carbonyl (C=O) groups is 1. The Bertz CT molecular complexity index is 655. The highest BCUT2D eigenvalue weighted by molar-refractivity contribution is 7.89. The van der Waals surface area contributed by atoms with E-state index >= 15 is 0 Å². The Morgan fingerprint density at radius 1 is 1.41 bits per heavy atom. The SMILES string of the molecule is CNC(=O)c1cc(S(=O)(=O)N2CCN(C)CC2CO)cn1C. The molecule has 1 aromatic heterocycles. The lowest BCUT2D eigenvalue weighted by Gasteiger charge is -2.37. The van der Waals surface area contributed by atoms with Crippen LogP contribution in [-0.2, 0) is 17.1 Å². The molecular weight excluding hydrogens is 308 g/mol. The second-order valence-electron chi connectivity index (χ2n) is 5.47. The van der Waals surface area contributed by atoms with Crippen molar-refractivity contribution in [1.29, 1.82) is 0 Å².